The molecule has 0 unspecified atom stereocenters. The molecule has 2 aromatic carbocycles. The lowest BCUT2D eigenvalue weighted by Gasteiger charge is -2.14. The molecule has 0 aromatic heterocycles. The molecule has 0 bridgehead atoms. The number of nitrogens with zero attached hydrogens (tertiary/aromatic N) is 1. The number of methoxy groups -OCH3 is 1. The zero-order chi connectivity index (χ0) is 19.4. The molecule has 0 saturated carbocycles. The fourth-order valence-electron chi connectivity index (χ4n) is 2.36. The molecule has 0 atom stereocenters. The number of hydrogen-bond donors (Lipinski definition) is 1. The smallest absolute Gasteiger partial charge is 0.337 e. The van der Waals surface area contributed by atoms with Gasteiger partial charge in [-0.25, -0.2) is 4.79 Å². The van der Waals surface area contributed by atoms with Gasteiger partial charge in [0, 0.05) is 10.7 Å². The van der Waals surface area contributed by atoms with Crippen molar-refractivity contribution in [2.24, 2.45) is 0 Å². The van der Waals surface area contributed by atoms with Gasteiger partial charge in [0.1, 0.15) is 0 Å². The molecular weight excluding hydrogens is 388 g/mol. The number of ether oxygens (including phenoxy) is 1. The van der Waals surface area contributed by atoms with Gasteiger partial charge in [0.05, 0.1) is 24.2 Å². The molecule has 0 aliphatic carbocycles. The summed E-state index contributed by atoms with van der Waals surface area (Å²) in [7, 11) is 1.31. The van der Waals surface area contributed by atoms with Crippen molar-refractivity contribution in [2.45, 2.75) is 0 Å². The van der Waals surface area contributed by atoms with Crippen LogP contribution in [0.25, 0.3) is 6.08 Å². The second-order valence-electron chi connectivity index (χ2n) is 5.57. The summed E-state index contributed by atoms with van der Waals surface area (Å²) in [6.07, 6.45) is 1.66. The van der Waals surface area contributed by atoms with Gasteiger partial charge in [0.15, 0.2) is 0 Å². The molecule has 3 rings (SSSR count). The van der Waals surface area contributed by atoms with E-state index in [1.54, 1.807) is 54.6 Å². The number of nitrogens with one attached hydrogen (secondary N) is 1. The lowest BCUT2D eigenvalue weighted by atomic mass is 10.2. The SMILES string of the molecule is COC(=O)c1ccc(NCN2C(=O)S/C(=C\c3ccc(Cl)cc3)C2=O)cc1. The standard InChI is InChI=1S/C19H15ClN2O4S/c1-26-18(24)13-4-8-15(9-5-13)21-11-22-17(23)16(27-19(22)25)10-12-2-6-14(20)7-3-12/h2-10,21H,11H2,1H3/b16-10-. The maximum Gasteiger partial charge on any atom is 0.337 e. The second kappa shape index (κ2) is 8.28. The summed E-state index contributed by atoms with van der Waals surface area (Å²) < 4.78 is 4.64. The Hall–Kier alpha value is -2.77. The Bertz CT molecular complexity index is 910. The number of rotatable bonds is 5. The maximum atomic E-state index is 12.5. The van der Waals surface area contributed by atoms with E-state index >= 15 is 0 Å². The number of esters is 1. The van der Waals surface area contributed by atoms with E-state index in [4.69, 9.17) is 11.6 Å². The highest BCUT2D eigenvalue weighted by Gasteiger charge is 2.34. The van der Waals surface area contributed by atoms with Gasteiger partial charge in [0.2, 0.25) is 0 Å². The molecule has 2 aromatic rings. The molecular formula is C19H15ClN2O4S. The Morgan fingerprint density at radius 2 is 1.81 bits per heavy atom. The van der Waals surface area contributed by atoms with Crippen molar-refractivity contribution < 1.29 is 19.1 Å². The highest BCUT2D eigenvalue weighted by molar-refractivity contribution is 8.18. The van der Waals surface area contributed by atoms with E-state index in [2.05, 4.69) is 10.1 Å². The number of carbonyl (C=O) groups is 3. The molecule has 0 spiro atoms. The maximum absolute atomic E-state index is 12.5. The van der Waals surface area contributed by atoms with E-state index in [1.165, 1.54) is 7.11 Å². The highest BCUT2D eigenvalue weighted by Crippen LogP contribution is 2.32. The fourth-order valence-corrected chi connectivity index (χ4v) is 3.32. The third kappa shape index (κ3) is 4.50. The molecule has 1 aliphatic rings. The Labute approximate surface area is 165 Å². The summed E-state index contributed by atoms with van der Waals surface area (Å²) in [6, 6.07) is 13.5. The highest BCUT2D eigenvalue weighted by atomic mass is 35.5. The molecule has 27 heavy (non-hydrogen) atoms. The predicted octanol–water partition coefficient (Wildman–Crippen LogP) is 4.23. The Morgan fingerprint density at radius 1 is 1.15 bits per heavy atom. The van der Waals surface area contributed by atoms with Crippen LogP contribution in [-0.2, 0) is 9.53 Å². The first-order chi connectivity index (χ1) is 13.0. The van der Waals surface area contributed by atoms with Crippen LogP contribution in [0.3, 0.4) is 0 Å². The average molecular weight is 403 g/mol. The Kier molecular flexibility index (Phi) is 5.83. The van der Waals surface area contributed by atoms with E-state index in [0.29, 0.717) is 21.2 Å². The number of amides is 2. The molecule has 138 valence electrons. The van der Waals surface area contributed by atoms with E-state index < -0.39 is 5.97 Å². The molecule has 1 N–H and O–H groups in total. The summed E-state index contributed by atoms with van der Waals surface area (Å²) in [5, 5.41) is 3.25. The lowest BCUT2D eigenvalue weighted by Crippen LogP contribution is -2.33. The number of hydrogen-bond acceptors (Lipinski definition) is 6. The Morgan fingerprint density at radius 3 is 2.44 bits per heavy atom. The number of halogens is 1. The van der Waals surface area contributed by atoms with Crippen molar-refractivity contribution >= 4 is 52.2 Å². The average Bonchev–Trinajstić information content (AvgIpc) is 2.94. The van der Waals surface area contributed by atoms with Crippen molar-refractivity contribution in [2.75, 3.05) is 19.1 Å². The summed E-state index contributed by atoms with van der Waals surface area (Å²) >= 11 is 6.74. The number of imide groups is 1. The molecule has 2 amide bonds. The monoisotopic (exact) mass is 402 g/mol. The number of carbonyl (C=O) groups excluding carboxylic acids is 3. The second-order valence-corrected chi connectivity index (χ2v) is 6.99. The minimum absolute atomic E-state index is 0.0280. The van der Waals surface area contributed by atoms with E-state index in [-0.39, 0.29) is 17.8 Å². The van der Waals surface area contributed by atoms with Gasteiger partial charge in [0.25, 0.3) is 11.1 Å². The van der Waals surface area contributed by atoms with Gasteiger partial charge in [-0.1, -0.05) is 23.7 Å². The summed E-state index contributed by atoms with van der Waals surface area (Å²) in [4.78, 5) is 37.5. The van der Waals surface area contributed by atoms with Crippen LogP contribution < -0.4 is 5.32 Å². The van der Waals surface area contributed by atoms with Gasteiger partial charge in [-0.05, 0) is 59.8 Å². The summed E-state index contributed by atoms with van der Waals surface area (Å²) in [6.45, 7) is 0.0280. The van der Waals surface area contributed by atoms with Crippen molar-refractivity contribution in [3.8, 4) is 0 Å². The van der Waals surface area contributed by atoms with Crippen molar-refractivity contribution in [1.29, 1.82) is 0 Å². The van der Waals surface area contributed by atoms with Crippen molar-refractivity contribution in [3.63, 3.8) is 0 Å². The summed E-state index contributed by atoms with van der Waals surface area (Å²) in [5.41, 5.74) is 1.87. The summed E-state index contributed by atoms with van der Waals surface area (Å²) in [5.74, 6) is -0.793. The first kappa shape index (κ1) is 19.0. The number of anilines is 1. The normalized spacial score (nSPS) is 15.3. The zero-order valence-corrected chi connectivity index (χ0v) is 15.8. The molecule has 1 fully saturated rings. The number of thioether (sulfide) groups is 1. The molecule has 1 aliphatic heterocycles. The van der Waals surface area contributed by atoms with Crippen LogP contribution in [0, 0.1) is 0 Å². The minimum atomic E-state index is -0.431. The zero-order valence-electron chi connectivity index (χ0n) is 14.3. The quantitative estimate of drug-likeness (QED) is 0.595. The molecule has 0 radical (unpaired) electrons. The largest absolute Gasteiger partial charge is 0.465 e. The van der Waals surface area contributed by atoms with Crippen LogP contribution in [0.4, 0.5) is 10.5 Å². The van der Waals surface area contributed by atoms with E-state index in [1.807, 2.05) is 0 Å². The van der Waals surface area contributed by atoms with Gasteiger partial charge in [-0.3, -0.25) is 14.5 Å². The van der Waals surface area contributed by atoms with Crippen LogP contribution in [0.2, 0.25) is 5.02 Å². The Balaban J connectivity index is 1.65. The van der Waals surface area contributed by atoms with Crippen LogP contribution in [0.5, 0.6) is 0 Å². The van der Waals surface area contributed by atoms with Crippen molar-refractivity contribution in [3.05, 3.63) is 69.6 Å². The molecule has 1 saturated heterocycles. The molecule has 6 nitrogen and oxygen atoms in total. The van der Waals surface area contributed by atoms with Gasteiger partial charge < -0.3 is 10.1 Å². The lowest BCUT2D eigenvalue weighted by molar-refractivity contribution is -0.122. The van der Waals surface area contributed by atoms with Crippen LogP contribution in [0.15, 0.2) is 53.4 Å². The minimum Gasteiger partial charge on any atom is -0.465 e. The molecule has 1 heterocycles. The third-order valence-electron chi connectivity index (χ3n) is 3.79. The molecule has 8 heteroatoms. The van der Waals surface area contributed by atoms with Crippen LogP contribution in [-0.4, -0.2) is 35.8 Å². The topological polar surface area (TPSA) is 75.7 Å². The van der Waals surface area contributed by atoms with Gasteiger partial charge >= 0.3 is 5.97 Å². The van der Waals surface area contributed by atoms with E-state index in [9.17, 15) is 14.4 Å². The number of benzene rings is 2. The predicted molar refractivity (Wildman–Crippen MR) is 106 cm³/mol. The van der Waals surface area contributed by atoms with Gasteiger partial charge in [-0.2, -0.15) is 0 Å². The fraction of sp³-hybridized carbons (Fsp3) is 0.105. The van der Waals surface area contributed by atoms with Crippen LogP contribution in [0.1, 0.15) is 15.9 Å². The third-order valence-corrected chi connectivity index (χ3v) is 4.95. The first-order valence-corrected chi connectivity index (χ1v) is 9.10. The first-order valence-electron chi connectivity index (χ1n) is 7.91. The van der Waals surface area contributed by atoms with Crippen molar-refractivity contribution in [1.82, 2.24) is 4.90 Å². The van der Waals surface area contributed by atoms with Crippen LogP contribution >= 0.6 is 23.4 Å². The van der Waals surface area contributed by atoms with Gasteiger partial charge in [-0.15, -0.1) is 0 Å². The van der Waals surface area contributed by atoms with E-state index in [0.717, 1.165) is 22.2 Å².